The first-order valence-corrected chi connectivity index (χ1v) is 5.62. The first-order chi connectivity index (χ1) is 5.96. The lowest BCUT2D eigenvalue weighted by Crippen LogP contribution is -2.07. The van der Waals surface area contributed by atoms with Gasteiger partial charge in [0, 0.05) is 0 Å². The lowest BCUT2D eigenvalue weighted by Gasteiger charge is -2.19. The smallest absolute Gasteiger partial charge is 0.0196 e. The van der Waals surface area contributed by atoms with E-state index in [9.17, 15) is 0 Å². The Bertz CT molecular complexity index is 204. The van der Waals surface area contributed by atoms with Gasteiger partial charge in [0.1, 0.15) is 0 Å². The third-order valence-electron chi connectivity index (χ3n) is 3.48. The summed E-state index contributed by atoms with van der Waals surface area (Å²) in [5, 5.41) is 0. The predicted molar refractivity (Wildman–Crippen MR) is 59.8 cm³/mol. The van der Waals surface area contributed by atoms with Crippen LogP contribution in [0.1, 0.15) is 60.3 Å². The van der Waals surface area contributed by atoms with Gasteiger partial charge in [-0.15, -0.1) is 0 Å². The van der Waals surface area contributed by atoms with Gasteiger partial charge in [-0.25, -0.2) is 0 Å². The molecule has 0 aliphatic heterocycles. The van der Waals surface area contributed by atoms with E-state index in [1.807, 2.05) is 0 Å². The fourth-order valence-corrected chi connectivity index (χ4v) is 2.78. The molecule has 1 unspecified atom stereocenters. The molecule has 0 aromatic carbocycles. The Kier molecular flexibility index (Phi) is 3.21. The summed E-state index contributed by atoms with van der Waals surface area (Å²) < 4.78 is 0. The van der Waals surface area contributed by atoms with Gasteiger partial charge in [-0.1, -0.05) is 31.9 Å². The van der Waals surface area contributed by atoms with E-state index in [1.54, 1.807) is 11.1 Å². The molecule has 1 saturated carbocycles. The zero-order valence-corrected chi connectivity index (χ0v) is 9.91. The summed E-state index contributed by atoms with van der Waals surface area (Å²) in [6, 6.07) is 0. The van der Waals surface area contributed by atoms with E-state index < -0.39 is 0 Å². The first-order valence-electron chi connectivity index (χ1n) is 5.62. The Morgan fingerprint density at radius 3 is 2.23 bits per heavy atom. The van der Waals surface area contributed by atoms with E-state index in [1.165, 1.54) is 25.7 Å². The molecule has 13 heavy (non-hydrogen) atoms. The van der Waals surface area contributed by atoms with Crippen LogP contribution in [-0.2, 0) is 0 Å². The summed E-state index contributed by atoms with van der Waals surface area (Å²) in [5.74, 6) is 0.894. The second kappa shape index (κ2) is 3.86. The van der Waals surface area contributed by atoms with E-state index in [-0.39, 0.29) is 0 Å². The molecule has 0 N–H and O–H groups in total. The minimum atomic E-state index is 0.598. The number of hydrogen-bond acceptors (Lipinski definition) is 0. The lowest BCUT2D eigenvalue weighted by atomic mass is 9.86. The van der Waals surface area contributed by atoms with Crippen molar-refractivity contribution in [1.82, 2.24) is 0 Å². The summed E-state index contributed by atoms with van der Waals surface area (Å²) in [6.07, 6.45) is 5.49. The maximum atomic E-state index is 2.41. The Labute approximate surface area is 83.4 Å². The molecular weight excluding hydrogens is 156 g/mol. The fraction of sp³-hybridized carbons (Fsp3) is 0.846. The molecule has 0 aromatic rings. The van der Waals surface area contributed by atoms with Crippen molar-refractivity contribution in [3.63, 3.8) is 0 Å². The van der Waals surface area contributed by atoms with Gasteiger partial charge in [0.25, 0.3) is 0 Å². The maximum absolute atomic E-state index is 2.41. The highest BCUT2D eigenvalue weighted by atomic mass is 14.4. The van der Waals surface area contributed by atoms with Crippen molar-refractivity contribution in [2.75, 3.05) is 0 Å². The first kappa shape index (κ1) is 10.8. The van der Waals surface area contributed by atoms with E-state index in [0.29, 0.717) is 5.41 Å². The molecule has 0 heteroatoms. The Hall–Kier alpha value is -0.260. The number of rotatable bonds is 2. The number of hydrogen-bond donors (Lipinski definition) is 0. The number of allylic oxidation sites excluding steroid dienone is 2. The van der Waals surface area contributed by atoms with Crippen LogP contribution in [0.25, 0.3) is 0 Å². The van der Waals surface area contributed by atoms with E-state index in [4.69, 9.17) is 0 Å². The van der Waals surface area contributed by atoms with Gasteiger partial charge in [0.15, 0.2) is 0 Å². The summed E-state index contributed by atoms with van der Waals surface area (Å²) in [7, 11) is 0. The van der Waals surface area contributed by atoms with Crippen LogP contribution < -0.4 is 0 Å². The molecule has 0 amide bonds. The van der Waals surface area contributed by atoms with E-state index >= 15 is 0 Å². The van der Waals surface area contributed by atoms with E-state index in [0.717, 1.165) is 5.92 Å². The summed E-state index contributed by atoms with van der Waals surface area (Å²) >= 11 is 0. The normalized spacial score (nSPS) is 26.1. The SMILES string of the molecule is CCC(=C(C)C)C1CCC(C)(C)C1. The standard InChI is InChI=1S/C13H24/c1-6-12(10(2)3)11-7-8-13(4,5)9-11/h11H,6-9H2,1-5H3. The predicted octanol–water partition coefficient (Wildman–Crippen LogP) is 4.56. The van der Waals surface area contributed by atoms with Crippen LogP contribution in [0.2, 0.25) is 0 Å². The third kappa shape index (κ3) is 2.59. The van der Waals surface area contributed by atoms with Crippen molar-refractivity contribution in [2.24, 2.45) is 11.3 Å². The molecule has 1 rings (SSSR count). The second-order valence-electron chi connectivity index (χ2n) is 5.48. The zero-order chi connectivity index (χ0) is 10.1. The lowest BCUT2D eigenvalue weighted by molar-refractivity contribution is 0.368. The highest BCUT2D eigenvalue weighted by molar-refractivity contribution is 5.15. The van der Waals surface area contributed by atoms with Crippen molar-refractivity contribution in [2.45, 2.75) is 60.3 Å². The molecule has 1 atom stereocenters. The molecule has 0 aromatic heterocycles. The van der Waals surface area contributed by atoms with Gasteiger partial charge in [0.05, 0.1) is 0 Å². The van der Waals surface area contributed by atoms with Gasteiger partial charge in [-0.3, -0.25) is 0 Å². The van der Waals surface area contributed by atoms with Gasteiger partial charge in [-0.05, 0) is 50.9 Å². The van der Waals surface area contributed by atoms with Gasteiger partial charge >= 0.3 is 0 Å². The van der Waals surface area contributed by atoms with Crippen molar-refractivity contribution in [3.8, 4) is 0 Å². The van der Waals surface area contributed by atoms with Gasteiger partial charge in [0.2, 0.25) is 0 Å². The molecule has 0 nitrogen and oxygen atoms in total. The fourth-order valence-electron chi connectivity index (χ4n) is 2.78. The van der Waals surface area contributed by atoms with Crippen molar-refractivity contribution in [1.29, 1.82) is 0 Å². The van der Waals surface area contributed by atoms with Crippen molar-refractivity contribution < 1.29 is 0 Å². The van der Waals surface area contributed by atoms with Crippen LogP contribution in [0.4, 0.5) is 0 Å². The molecule has 0 saturated heterocycles. The van der Waals surface area contributed by atoms with Crippen molar-refractivity contribution in [3.05, 3.63) is 11.1 Å². The van der Waals surface area contributed by atoms with E-state index in [2.05, 4.69) is 34.6 Å². The maximum Gasteiger partial charge on any atom is -0.0196 e. The summed E-state index contributed by atoms with van der Waals surface area (Å²) in [5.41, 5.74) is 3.89. The molecule has 1 aliphatic carbocycles. The molecule has 1 aliphatic rings. The average molecular weight is 180 g/mol. The summed E-state index contributed by atoms with van der Waals surface area (Å²) in [4.78, 5) is 0. The molecule has 0 bridgehead atoms. The molecule has 0 heterocycles. The quantitative estimate of drug-likeness (QED) is 0.546. The van der Waals surface area contributed by atoms with Crippen LogP contribution >= 0.6 is 0 Å². The Morgan fingerprint density at radius 2 is 1.92 bits per heavy atom. The van der Waals surface area contributed by atoms with Gasteiger partial charge < -0.3 is 0 Å². The Morgan fingerprint density at radius 1 is 1.31 bits per heavy atom. The topological polar surface area (TPSA) is 0 Å². The van der Waals surface area contributed by atoms with Crippen LogP contribution in [0, 0.1) is 11.3 Å². The van der Waals surface area contributed by atoms with Crippen molar-refractivity contribution >= 4 is 0 Å². The minimum absolute atomic E-state index is 0.598. The monoisotopic (exact) mass is 180 g/mol. The molecule has 76 valence electrons. The van der Waals surface area contributed by atoms with Crippen LogP contribution in [-0.4, -0.2) is 0 Å². The Balaban J connectivity index is 2.70. The van der Waals surface area contributed by atoms with Gasteiger partial charge in [-0.2, -0.15) is 0 Å². The molecule has 1 fully saturated rings. The average Bonchev–Trinajstić information content (AvgIpc) is 2.31. The zero-order valence-electron chi connectivity index (χ0n) is 9.91. The third-order valence-corrected chi connectivity index (χ3v) is 3.48. The van der Waals surface area contributed by atoms with Crippen LogP contribution in [0.5, 0.6) is 0 Å². The highest BCUT2D eigenvalue weighted by Crippen LogP contribution is 2.45. The largest absolute Gasteiger partial charge is 0.0770 e. The highest BCUT2D eigenvalue weighted by Gasteiger charge is 2.32. The second-order valence-corrected chi connectivity index (χ2v) is 5.48. The minimum Gasteiger partial charge on any atom is -0.0770 e. The molecule has 0 radical (unpaired) electrons. The van der Waals surface area contributed by atoms with Crippen LogP contribution in [0.3, 0.4) is 0 Å². The van der Waals surface area contributed by atoms with Crippen LogP contribution in [0.15, 0.2) is 11.1 Å². The summed E-state index contributed by atoms with van der Waals surface area (Å²) in [6.45, 7) is 11.7. The molecular formula is C13H24. The molecule has 0 spiro atoms.